The lowest BCUT2D eigenvalue weighted by atomic mass is 10.3. The van der Waals surface area contributed by atoms with Crippen LogP contribution in [0.25, 0.3) is 11.4 Å². The summed E-state index contributed by atoms with van der Waals surface area (Å²) in [6.45, 7) is 0.286. The molecule has 0 aromatic carbocycles. The maximum absolute atomic E-state index is 13.7. The fourth-order valence-corrected chi connectivity index (χ4v) is 2.22. The molecule has 1 unspecified atom stereocenters. The molecule has 0 fully saturated rings. The third kappa shape index (κ3) is 4.30. The van der Waals surface area contributed by atoms with E-state index in [4.69, 9.17) is 27.2 Å². The summed E-state index contributed by atoms with van der Waals surface area (Å²) in [6, 6.07) is 5.86. The monoisotopic (exact) mass is 363 g/mol. The molecule has 3 heterocycles. The third-order valence-electron chi connectivity index (χ3n) is 3.28. The van der Waals surface area contributed by atoms with E-state index in [1.165, 1.54) is 12.4 Å². The van der Waals surface area contributed by atoms with Gasteiger partial charge >= 0.3 is 0 Å². The molecule has 9 heteroatoms. The minimum absolute atomic E-state index is 0.116. The van der Waals surface area contributed by atoms with Crippen LogP contribution in [0, 0.1) is 5.82 Å². The van der Waals surface area contributed by atoms with E-state index >= 15 is 0 Å². The Balaban J connectivity index is 1.72. The third-order valence-corrected chi connectivity index (χ3v) is 3.49. The second-order valence-corrected chi connectivity index (χ2v) is 5.72. The summed E-state index contributed by atoms with van der Waals surface area (Å²) >= 11 is 5.65. The number of ether oxygens (including phenoxy) is 1. The zero-order valence-electron chi connectivity index (χ0n) is 13.0. The zero-order chi connectivity index (χ0) is 17.8. The Hall–Kier alpha value is -2.55. The van der Waals surface area contributed by atoms with Gasteiger partial charge in [-0.15, -0.1) is 0 Å². The Kier molecular flexibility index (Phi) is 5.22. The SMILES string of the molecule is NC(CO)Cn1ccc(-c2ccc(Oc3ncc(Cl)cc3F)cn2)n1. The van der Waals surface area contributed by atoms with Crippen LogP contribution in [0.1, 0.15) is 0 Å². The van der Waals surface area contributed by atoms with Crippen LogP contribution in [0.4, 0.5) is 4.39 Å². The number of pyridine rings is 2. The largest absolute Gasteiger partial charge is 0.435 e. The van der Waals surface area contributed by atoms with E-state index in [0.29, 0.717) is 23.7 Å². The second-order valence-electron chi connectivity index (χ2n) is 5.29. The quantitative estimate of drug-likeness (QED) is 0.696. The van der Waals surface area contributed by atoms with Crippen LogP contribution in [0.5, 0.6) is 11.6 Å². The van der Waals surface area contributed by atoms with Gasteiger partial charge in [0.2, 0.25) is 0 Å². The van der Waals surface area contributed by atoms with Gasteiger partial charge in [0.15, 0.2) is 5.82 Å². The van der Waals surface area contributed by atoms with E-state index in [-0.39, 0.29) is 23.6 Å². The Morgan fingerprint density at radius 3 is 2.76 bits per heavy atom. The smallest absolute Gasteiger partial charge is 0.256 e. The highest BCUT2D eigenvalue weighted by atomic mass is 35.5. The van der Waals surface area contributed by atoms with Crippen LogP contribution >= 0.6 is 11.6 Å². The van der Waals surface area contributed by atoms with Crippen molar-refractivity contribution in [2.75, 3.05) is 6.61 Å². The van der Waals surface area contributed by atoms with Gasteiger partial charge in [0.05, 0.1) is 30.1 Å². The Morgan fingerprint density at radius 1 is 1.24 bits per heavy atom. The molecular formula is C16H15ClFN5O2. The van der Waals surface area contributed by atoms with E-state index in [2.05, 4.69) is 15.1 Å². The summed E-state index contributed by atoms with van der Waals surface area (Å²) in [4.78, 5) is 8.03. The molecule has 0 saturated carbocycles. The van der Waals surface area contributed by atoms with Crippen molar-refractivity contribution in [2.24, 2.45) is 5.73 Å². The molecule has 7 nitrogen and oxygen atoms in total. The molecule has 3 aromatic heterocycles. The van der Waals surface area contributed by atoms with Crippen molar-refractivity contribution < 1.29 is 14.2 Å². The highest BCUT2D eigenvalue weighted by Gasteiger charge is 2.10. The van der Waals surface area contributed by atoms with Crippen molar-refractivity contribution in [1.82, 2.24) is 19.7 Å². The van der Waals surface area contributed by atoms with Gasteiger partial charge in [-0.2, -0.15) is 5.10 Å². The van der Waals surface area contributed by atoms with Crippen LogP contribution in [0.2, 0.25) is 5.02 Å². The van der Waals surface area contributed by atoms with E-state index in [0.717, 1.165) is 6.07 Å². The van der Waals surface area contributed by atoms with Gasteiger partial charge in [0.25, 0.3) is 5.88 Å². The molecule has 0 spiro atoms. The van der Waals surface area contributed by atoms with Crippen LogP contribution in [0.15, 0.2) is 42.9 Å². The van der Waals surface area contributed by atoms with Crippen LogP contribution < -0.4 is 10.5 Å². The molecule has 0 aliphatic heterocycles. The predicted molar refractivity (Wildman–Crippen MR) is 89.8 cm³/mol. The van der Waals surface area contributed by atoms with E-state index in [1.807, 2.05) is 0 Å². The van der Waals surface area contributed by atoms with Crippen molar-refractivity contribution in [3.05, 3.63) is 53.7 Å². The van der Waals surface area contributed by atoms with Crippen molar-refractivity contribution in [1.29, 1.82) is 0 Å². The molecule has 3 aromatic rings. The first-order chi connectivity index (χ1) is 12.0. The Bertz CT molecular complexity index is 856. The van der Waals surface area contributed by atoms with E-state index in [9.17, 15) is 4.39 Å². The average molecular weight is 364 g/mol. The number of hydrogen-bond donors (Lipinski definition) is 2. The minimum Gasteiger partial charge on any atom is -0.435 e. The van der Waals surface area contributed by atoms with Crippen LogP contribution in [0.3, 0.4) is 0 Å². The number of aliphatic hydroxyl groups is 1. The summed E-state index contributed by atoms with van der Waals surface area (Å²) in [7, 11) is 0. The molecule has 0 aliphatic carbocycles. The molecule has 1 atom stereocenters. The number of hydrogen-bond acceptors (Lipinski definition) is 6. The van der Waals surface area contributed by atoms with Gasteiger partial charge < -0.3 is 15.6 Å². The first kappa shape index (κ1) is 17.3. The number of aromatic nitrogens is 4. The molecule has 3 rings (SSSR count). The van der Waals surface area contributed by atoms with Gasteiger partial charge in [0, 0.05) is 18.4 Å². The summed E-state index contributed by atoms with van der Waals surface area (Å²) in [5.74, 6) is -0.504. The first-order valence-corrected chi connectivity index (χ1v) is 7.78. The molecule has 25 heavy (non-hydrogen) atoms. The average Bonchev–Trinajstić information content (AvgIpc) is 3.06. The number of halogens is 2. The lowest BCUT2D eigenvalue weighted by molar-refractivity contribution is 0.251. The van der Waals surface area contributed by atoms with Crippen molar-refractivity contribution in [3.8, 4) is 23.0 Å². The molecule has 0 aliphatic rings. The Morgan fingerprint density at radius 2 is 2.08 bits per heavy atom. The minimum atomic E-state index is -0.657. The fourth-order valence-electron chi connectivity index (χ4n) is 2.08. The molecule has 0 amide bonds. The lowest BCUT2D eigenvalue weighted by Crippen LogP contribution is -2.30. The zero-order valence-corrected chi connectivity index (χ0v) is 13.8. The summed E-state index contributed by atoms with van der Waals surface area (Å²) in [5, 5.41) is 13.5. The maximum Gasteiger partial charge on any atom is 0.256 e. The van der Waals surface area contributed by atoms with Gasteiger partial charge in [-0.05, 0) is 24.3 Å². The number of nitrogens with zero attached hydrogens (tertiary/aromatic N) is 4. The number of aliphatic hydroxyl groups excluding tert-OH is 1. The van der Waals surface area contributed by atoms with Gasteiger partial charge in [-0.25, -0.2) is 9.37 Å². The van der Waals surface area contributed by atoms with Crippen LogP contribution in [-0.4, -0.2) is 37.5 Å². The molecule has 0 saturated heterocycles. The first-order valence-electron chi connectivity index (χ1n) is 7.40. The highest BCUT2D eigenvalue weighted by molar-refractivity contribution is 6.30. The highest BCUT2D eigenvalue weighted by Crippen LogP contribution is 2.25. The molecule has 0 radical (unpaired) electrons. The molecule has 130 valence electrons. The molecule has 3 N–H and O–H groups in total. The van der Waals surface area contributed by atoms with Crippen molar-refractivity contribution >= 4 is 11.6 Å². The van der Waals surface area contributed by atoms with E-state index < -0.39 is 5.82 Å². The number of rotatable bonds is 6. The normalized spacial score (nSPS) is 12.2. The second kappa shape index (κ2) is 7.56. The molecular weight excluding hydrogens is 349 g/mol. The van der Waals surface area contributed by atoms with E-state index in [1.54, 1.807) is 29.1 Å². The number of nitrogens with two attached hydrogens (primary N) is 1. The molecule has 0 bridgehead atoms. The van der Waals surface area contributed by atoms with Gasteiger partial charge in [0.1, 0.15) is 11.4 Å². The van der Waals surface area contributed by atoms with Crippen LogP contribution in [-0.2, 0) is 6.54 Å². The standard InChI is InChI=1S/C16H15ClFN5O2/c17-10-5-13(18)16(21-6-10)25-12-1-2-14(20-7-12)15-3-4-23(22-15)8-11(19)9-24/h1-7,11,24H,8-9,19H2. The van der Waals surface area contributed by atoms with Crippen molar-refractivity contribution in [3.63, 3.8) is 0 Å². The fraction of sp³-hybridized carbons (Fsp3) is 0.188. The van der Waals surface area contributed by atoms with Gasteiger partial charge in [-0.1, -0.05) is 11.6 Å². The summed E-state index contributed by atoms with van der Waals surface area (Å²) in [6.07, 6.45) is 4.50. The lowest BCUT2D eigenvalue weighted by Gasteiger charge is -2.07. The topological polar surface area (TPSA) is 99.1 Å². The van der Waals surface area contributed by atoms with Gasteiger partial charge in [-0.3, -0.25) is 9.67 Å². The predicted octanol–water partition coefficient (Wildman–Crippen LogP) is 2.24. The summed E-state index contributed by atoms with van der Waals surface area (Å²) < 4.78 is 20.7. The summed E-state index contributed by atoms with van der Waals surface area (Å²) in [5.41, 5.74) is 6.94. The van der Waals surface area contributed by atoms with Crippen molar-refractivity contribution in [2.45, 2.75) is 12.6 Å². The maximum atomic E-state index is 13.7. The Labute approximate surface area is 147 Å².